The zero-order valence-electron chi connectivity index (χ0n) is 21.7. The summed E-state index contributed by atoms with van der Waals surface area (Å²) in [5, 5.41) is 0.553. The highest BCUT2D eigenvalue weighted by molar-refractivity contribution is 7.15. The quantitative estimate of drug-likeness (QED) is 0.332. The third-order valence-corrected chi connectivity index (χ3v) is 7.79. The minimum absolute atomic E-state index is 0.146. The van der Waals surface area contributed by atoms with Gasteiger partial charge in [0.1, 0.15) is 5.01 Å². The first kappa shape index (κ1) is 28.4. The number of ether oxygens (including phenoxy) is 3. The molecule has 1 unspecified atom stereocenters. The van der Waals surface area contributed by atoms with Crippen molar-refractivity contribution in [1.29, 1.82) is 0 Å². The van der Waals surface area contributed by atoms with Gasteiger partial charge in [-0.15, -0.1) is 11.3 Å². The van der Waals surface area contributed by atoms with E-state index in [-0.39, 0.29) is 17.8 Å². The van der Waals surface area contributed by atoms with Gasteiger partial charge in [0, 0.05) is 43.5 Å². The summed E-state index contributed by atoms with van der Waals surface area (Å²) < 4.78 is 41.7. The van der Waals surface area contributed by atoms with E-state index in [0.717, 1.165) is 24.3 Å². The van der Waals surface area contributed by atoms with Crippen LogP contribution in [0.25, 0.3) is 10.6 Å². The molecule has 10 heteroatoms. The Bertz CT molecular complexity index is 990. The average molecular weight is 526 g/mol. The number of methoxy groups -OCH3 is 1. The van der Waals surface area contributed by atoms with E-state index >= 15 is 0 Å². The number of rotatable bonds is 12. The second kappa shape index (κ2) is 12.9. The first-order valence-electron chi connectivity index (χ1n) is 12.5. The van der Waals surface area contributed by atoms with Crippen LogP contribution in [-0.4, -0.2) is 59.9 Å². The third kappa shape index (κ3) is 6.77. The molecule has 0 saturated carbocycles. The third-order valence-electron chi connectivity index (χ3n) is 6.77. The maximum absolute atomic E-state index is 13.1. The monoisotopic (exact) mass is 525 g/mol. The molecule has 0 spiro atoms. The number of likely N-dealkylation sites (tertiary alicyclic amines) is 1. The van der Waals surface area contributed by atoms with E-state index in [1.807, 2.05) is 6.92 Å². The van der Waals surface area contributed by atoms with Crippen LogP contribution in [0.1, 0.15) is 51.8 Å². The van der Waals surface area contributed by atoms with Crippen molar-refractivity contribution >= 4 is 17.3 Å². The summed E-state index contributed by atoms with van der Waals surface area (Å²) >= 11 is 1.40. The lowest BCUT2D eigenvalue weighted by Crippen LogP contribution is -2.59. The van der Waals surface area contributed by atoms with E-state index in [4.69, 9.17) is 9.47 Å². The second-order valence-electron chi connectivity index (χ2n) is 9.65. The summed E-state index contributed by atoms with van der Waals surface area (Å²) in [7, 11) is 1.41. The van der Waals surface area contributed by atoms with Gasteiger partial charge in [0.25, 0.3) is 0 Å². The predicted octanol–water partition coefficient (Wildman–Crippen LogP) is 5.65. The van der Waals surface area contributed by atoms with Crippen LogP contribution in [-0.2, 0) is 20.8 Å². The number of hydrogen-bond donors (Lipinski definition) is 0. The molecule has 36 heavy (non-hydrogen) atoms. The number of thiazole rings is 1. The summed E-state index contributed by atoms with van der Waals surface area (Å²) in [5.41, 5.74) is -0.600. The van der Waals surface area contributed by atoms with Crippen molar-refractivity contribution in [2.24, 2.45) is 17.8 Å². The molecule has 1 fully saturated rings. The van der Waals surface area contributed by atoms with Gasteiger partial charge in [-0.25, -0.2) is 14.8 Å². The van der Waals surface area contributed by atoms with Crippen molar-refractivity contribution in [2.75, 3.05) is 26.8 Å². The molecular formula is C26H37F2N3O4S. The maximum atomic E-state index is 13.1. The number of alkyl halides is 2. The molecule has 2 aromatic heterocycles. The van der Waals surface area contributed by atoms with Gasteiger partial charge in [0.05, 0.1) is 12.7 Å². The highest BCUT2D eigenvalue weighted by Gasteiger charge is 2.49. The highest BCUT2D eigenvalue weighted by Crippen LogP contribution is 2.39. The van der Waals surface area contributed by atoms with Crippen LogP contribution in [0, 0.1) is 17.8 Å². The van der Waals surface area contributed by atoms with Crippen molar-refractivity contribution in [1.82, 2.24) is 14.9 Å². The Morgan fingerprint density at radius 3 is 2.72 bits per heavy atom. The van der Waals surface area contributed by atoms with E-state index in [1.54, 1.807) is 18.3 Å². The lowest BCUT2D eigenvalue weighted by Gasteiger charge is -2.47. The lowest BCUT2D eigenvalue weighted by molar-refractivity contribution is -0.184. The predicted molar refractivity (Wildman–Crippen MR) is 135 cm³/mol. The molecule has 7 nitrogen and oxygen atoms in total. The van der Waals surface area contributed by atoms with Gasteiger partial charge < -0.3 is 14.2 Å². The number of nitrogens with zero attached hydrogens (tertiary/aromatic N) is 3. The first-order chi connectivity index (χ1) is 17.2. The molecule has 0 aromatic carbocycles. The number of piperidine rings is 1. The standard InChI is InChI=1S/C26H37F2N3O4S/c1-6-11-34-26(24(32)33-5)12-18(20(7-2)17(3)4)14-31(16-26)15-19-13-30-23(36-19)21-9-8-10-29-22(21)35-25(27)28/h8-10,13,17-18,20,25H,6-7,11-12,14-16H2,1-5H3/t18?,20-,26+/m1/s1. The number of carbonyl (C=O) groups excluding carboxylic acids is 1. The number of esters is 1. The molecule has 2 aromatic rings. The van der Waals surface area contributed by atoms with Crippen LogP contribution in [0.3, 0.4) is 0 Å². The Kier molecular flexibility index (Phi) is 10.2. The average Bonchev–Trinajstić information content (AvgIpc) is 3.30. The second-order valence-corrected chi connectivity index (χ2v) is 10.8. The molecule has 0 aliphatic carbocycles. The number of hydrogen-bond acceptors (Lipinski definition) is 8. The van der Waals surface area contributed by atoms with Gasteiger partial charge in [-0.2, -0.15) is 8.78 Å². The fourth-order valence-electron chi connectivity index (χ4n) is 5.32. The van der Waals surface area contributed by atoms with Gasteiger partial charge in [0.15, 0.2) is 5.60 Å². The zero-order valence-corrected chi connectivity index (χ0v) is 22.5. The molecule has 0 bridgehead atoms. The molecule has 0 N–H and O–H groups in total. The molecule has 3 rings (SSSR count). The van der Waals surface area contributed by atoms with Gasteiger partial charge >= 0.3 is 12.6 Å². The normalized spacial score (nSPS) is 21.6. The molecule has 3 heterocycles. The Labute approximate surface area is 216 Å². The molecule has 0 radical (unpaired) electrons. The number of pyridine rings is 1. The van der Waals surface area contributed by atoms with E-state index in [9.17, 15) is 13.6 Å². The molecule has 200 valence electrons. The first-order valence-corrected chi connectivity index (χ1v) is 13.3. The van der Waals surface area contributed by atoms with Crippen LogP contribution in [0.15, 0.2) is 24.5 Å². The topological polar surface area (TPSA) is 73.8 Å². The van der Waals surface area contributed by atoms with Crippen molar-refractivity contribution in [3.05, 3.63) is 29.4 Å². The Hall–Kier alpha value is -2.17. The molecule has 1 aliphatic heterocycles. The van der Waals surface area contributed by atoms with Gasteiger partial charge in [-0.1, -0.05) is 34.1 Å². The highest BCUT2D eigenvalue weighted by atomic mass is 32.1. The molecule has 1 saturated heterocycles. The minimum Gasteiger partial charge on any atom is -0.467 e. The molecule has 3 atom stereocenters. The van der Waals surface area contributed by atoms with Crippen molar-refractivity contribution in [2.45, 2.75) is 65.7 Å². The van der Waals surface area contributed by atoms with Gasteiger partial charge in [0.2, 0.25) is 5.88 Å². The molecule has 1 aliphatic rings. The van der Waals surface area contributed by atoms with Crippen LogP contribution in [0.5, 0.6) is 5.88 Å². The zero-order chi connectivity index (χ0) is 26.3. The van der Waals surface area contributed by atoms with Crippen LogP contribution in [0.2, 0.25) is 0 Å². The fraction of sp³-hybridized carbons (Fsp3) is 0.654. The number of aromatic nitrogens is 2. The molecule has 0 amide bonds. The van der Waals surface area contributed by atoms with E-state index in [0.29, 0.717) is 48.5 Å². The van der Waals surface area contributed by atoms with Crippen LogP contribution in [0.4, 0.5) is 8.78 Å². The summed E-state index contributed by atoms with van der Waals surface area (Å²) in [6.45, 7) is 7.98. The smallest absolute Gasteiger partial charge is 0.388 e. The largest absolute Gasteiger partial charge is 0.467 e. The van der Waals surface area contributed by atoms with Crippen LogP contribution < -0.4 is 4.74 Å². The van der Waals surface area contributed by atoms with E-state index in [2.05, 4.69) is 40.4 Å². The Morgan fingerprint density at radius 2 is 2.08 bits per heavy atom. The number of halogens is 2. The van der Waals surface area contributed by atoms with Gasteiger partial charge in [-0.05, 0) is 42.7 Å². The van der Waals surface area contributed by atoms with E-state index in [1.165, 1.54) is 24.6 Å². The van der Waals surface area contributed by atoms with Crippen molar-refractivity contribution in [3.8, 4) is 16.5 Å². The van der Waals surface area contributed by atoms with Crippen LogP contribution >= 0.6 is 11.3 Å². The number of carbonyl (C=O) groups is 1. The summed E-state index contributed by atoms with van der Waals surface area (Å²) in [6, 6.07) is 3.33. The Morgan fingerprint density at radius 1 is 1.31 bits per heavy atom. The summed E-state index contributed by atoms with van der Waals surface area (Å²) in [4.78, 5) is 24.7. The SMILES string of the molecule is CCCO[C@@]1(C(=O)OC)CC([C@H](CC)C(C)C)CN(Cc2cnc(-c3cccnc3OC(F)F)s2)C1. The summed E-state index contributed by atoms with van der Waals surface area (Å²) in [6.07, 6.45) is 5.60. The maximum Gasteiger partial charge on any atom is 0.388 e. The lowest BCUT2D eigenvalue weighted by atomic mass is 9.73. The van der Waals surface area contributed by atoms with Crippen molar-refractivity contribution < 1.29 is 27.8 Å². The molecular weight excluding hydrogens is 488 g/mol. The summed E-state index contributed by atoms with van der Waals surface area (Å²) in [5.74, 6) is 0.681. The van der Waals surface area contributed by atoms with Gasteiger partial charge in [-0.3, -0.25) is 4.90 Å². The fourth-order valence-corrected chi connectivity index (χ4v) is 6.29. The Balaban J connectivity index is 1.88. The van der Waals surface area contributed by atoms with Crippen molar-refractivity contribution in [3.63, 3.8) is 0 Å². The van der Waals surface area contributed by atoms with E-state index < -0.39 is 12.2 Å². The minimum atomic E-state index is -2.97.